The van der Waals surface area contributed by atoms with Gasteiger partial charge in [-0.3, -0.25) is 34.0 Å². The van der Waals surface area contributed by atoms with E-state index in [9.17, 15) is 29.4 Å². The van der Waals surface area contributed by atoms with Crippen molar-refractivity contribution in [2.24, 2.45) is 11.8 Å². The van der Waals surface area contributed by atoms with E-state index in [2.05, 4.69) is 61.8 Å². The Bertz CT molecular complexity index is 2770. The second kappa shape index (κ2) is 26.3. The summed E-state index contributed by atoms with van der Waals surface area (Å²) in [6, 6.07) is 39.7. The van der Waals surface area contributed by atoms with Crippen LogP contribution in [0.4, 0.5) is 0 Å². The second-order valence-corrected chi connectivity index (χ2v) is 22.8. The highest BCUT2D eigenvalue weighted by Gasteiger charge is 2.55. The van der Waals surface area contributed by atoms with Gasteiger partial charge in [0.15, 0.2) is 0 Å². The summed E-state index contributed by atoms with van der Waals surface area (Å²) < 4.78 is 11.9. The Kier molecular flexibility index (Phi) is 19.2. The number of carbonyl (C=O) groups is 4. The maximum atomic E-state index is 13.9. The van der Waals surface area contributed by atoms with Crippen LogP contribution in [0.2, 0.25) is 0 Å². The minimum atomic E-state index is -0.790. The van der Waals surface area contributed by atoms with Gasteiger partial charge in [-0.15, -0.1) is 0 Å². The Morgan fingerprint density at radius 1 is 0.782 bits per heavy atom. The largest absolute Gasteiger partial charge is 0.392 e. The topological polar surface area (TPSA) is 177 Å². The molecule has 6 unspecified atom stereocenters. The zero-order chi connectivity index (χ0) is 54.8. The zero-order valence-electron chi connectivity index (χ0n) is 45.9. The van der Waals surface area contributed by atoms with Crippen molar-refractivity contribution < 1.29 is 38.9 Å². The first-order valence-electron chi connectivity index (χ1n) is 28.3. The molecule has 14 nitrogen and oxygen atoms in total. The van der Waals surface area contributed by atoms with E-state index in [1.165, 1.54) is 29.5 Å². The SMILES string of the molecule is CC(=O)[C@@H]1CCCCN1.CC(=O)[C@@H]1CN(Cc2cccnc2)CCN1CC(O)C[C@@H](Cc1ccccc1)C(=O)NC1c2ccccc2CC1O.CC1(C)OC2Cc3ccccc3C2N1C(=O)[C@H](Cc1ccccc1)CC1CO1. The van der Waals surface area contributed by atoms with Crippen molar-refractivity contribution in [3.8, 4) is 0 Å². The molecule has 4 aliphatic heterocycles. The lowest BCUT2D eigenvalue weighted by atomic mass is 9.91. The molecule has 1 aromatic heterocycles. The molecule has 5 aromatic rings. The Labute approximate surface area is 460 Å². The summed E-state index contributed by atoms with van der Waals surface area (Å²) in [5.41, 5.74) is 7.25. The number of fused-ring (bicyclic) bond motifs is 4. The van der Waals surface area contributed by atoms with Crippen molar-refractivity contribution >= 4 is 23.4 Å². The number of rotatable bonds is 17. The fraction of sp³-hybridized carbons (Fsp3) is 0.484. The van der Waals surface area contributed by atoms with E-state index in [4.69, 9.17) is 9.47 Å². The molecule has 11 rings (SSSR count). The molecule has 10 atom stereocenters. The minimum Gasteiger partial charge on any atom is -0.392 e. The summed E-state index contributed by atoms with van der Waals surface area (Å²) in [5.74, 6) is -0.221. The summed E-state index contributed by atoms with van der Waals surface area (Å²) in [6.07, 6.45) is 9.49. The number of β-amino-alcohol motifs (C(OH)–C–C–N with tert-alkyl or cyclic N) is 1. The predicted octanol–water partition coefficient (Wildman–Crippen LogP) is 7.15. The van der Waals surface area contributed by atoms with E-state index in [-0.39, 0.29) is 66.1 Å². The maximum absolute atomic E-state index is 13.9. The summed E-state index contributed by atoms with van der Waals surface area (Å²) in [4.78, 5) is 61.4. The summed E-state index contributed by atoms with van der Waals surface area (Å²) in [5, 5.41) is 28.2. The van der Waals surface area contributed by atoms with Crippen LogP contribution in [0.25, 0.3) is 0 Å². The first-order valence-corrected chi connectivity index (χ1v) is 28.3. The molecule has 0 radical (unpaired) electrons. The van der Waals surface area contributed by atoms with Gasteiger partial charge in [0.25, 0.3) is 0 Å². The number of epoxide rings is 1. The van der Waals surface area contributed by atoms with Gasteiger partial charge < -0.3 is 35.2 Å². The Morgan fingerprint density at radius 3 is 2.04 bits per heavy atom. The van der Waals surface area contributed by atoms with Crippen molar-refractivity contribution in [3.63, 3.8) is 0 Å². The number of pyridine rings is 1. The highest BCUT2D eigenvalue weighted by Crippen LogP contribution is 2.49. The Morgan fingerprint density at radius 2 is 1.42 bits per heavy atom. The first kappa shape index (κ1) is 56.7. The highest BCUT2D eigenvalue weighted by atomic mass is 16.6. The van der Waals surface area contributed by atoms with Crippen molar-refractivity contribution in [2.75, 3.05) is 39.3 Å². The average molecular weight is 1060 g/mol. The summed E-state index contributed by atoms with van der Waals surface area (Å²) in [7, 11) is 0. The highest BCUT2D eigenvalue weighted by molar-refractivity contribution is 5.83. The van der Waals surface area contributed by atoms with Crippen LogP contribution in [-0.4, -0.2) is 135 Å². The number of piperazine rings is 1. The molecule has 4 aromatic carbocycles. The number of Topliss-reactive ketones (excluding diaryl/α,β-unsaturated/α-hetero) is 2. The number of hydrogen-bond acceptors (Lipinski definition) is 12. The smallest absolute Gasteiger partial charge is 0.228 e. The molecule has 414 valence electrons. The lowest BCUT2D eigenvalue weighted by Crippen LogP contribution is -2.57. The molecule has 4 fully saturated rings. The molecular formula is C64H80N6O8. The van der Waals surface area contributed by atoms with Gasteiger partial charge in [-0.1, -0.05) is 122 Å². The van der Waals surface area contributed by atoms with Crippen LogP contribution in [-0.2, 0) is 60.9 Å². The number of ether oxygens (including phenoxy) is 2. The van der Waals surface area contributed by atoms with Gasteiger partial charge in [-0.2, -0.15) is 0 Å². The van der Waals surface area contributed by atoms with Gasteiger partial charge in [-0.05, 0) is 118 Å². The summed E-state index contributed by atoms with van der Waals surface area (Å²) in [6.45, 7) is 12.2. The molecule has 6 aliphatic rings. The Hall–Kier alpha value is -5.97. The molecular weight excluding hydrogens is 981 g/mol. The molecule has 0 saturated carbocycles. The molecule has 0 spiro atoms. The molecule has 5 heterocycles. The van der Waals surface area contributed by atoms with Crippen LogP contribution in [0.5, 0.6) is 0 Å². The maximum Gasteiger partial charge on any atom is 0.228 e. The number of amides is 2. The molecule has 4 saturated heterocycles. The lowest BCUT2D eigenvalue weighted by molar-refractivity contribution is -0.152. The number of ketones is 2. The van der Waals surface area contributed by atoms with Crippen LogP contribution < -0.4 is 10.6 Å². The number of nitrogens with zero attached hydrogens (tertiary/aromatic N) is 4. The summed E-state index contributed by atoms with van der Waals surface area (Å²) >= 11 is 0. The molecule has 0 bridgehead atoms. The number of nitrogens with one attached hydrogen (secondary N) is 2. The number of benzene rings is 4. The number of aromatic nitrogens is 1. The Balaban J connectivity index is 0.000000171. The predicted molar refractivity (Wildman–Crippen MR) is 300 cm³/mol. The van der Waals surface area contributed by atoms with Gasteiger partial charge in [0.2, 0.25) is 11.8 Å². The fourth-order valence-corrected chi connectivity index (χ4v) is 12.4. The number of aliphatic hydroxyl groups excluding tert-OH is 2. The standard InChI is InChI=1S/C33H40N4O4.C24H27NO3.C7H13NO/c1-23(38)30-22-36(20-25-10-7-13-34-19-25)14-15-37(30)21-28(39)17-27(16-24-8-3-2-4-9-24)33(41)35-32-29-12-6-5-11-26(29)18-31(32)40;1-24(2)25(22-20-11-7-6-10-17(20)14-21(22)28-24)23(26)18(13-19-15-27-19)12-16-8-4-3-5-9-16;1-6(9)7-4-2-3-5-8-7/h2-13,19,27-28,30-32,39-40H,14-18,20-22H2,1H3,(H,35,41);3-11,18-19,21-22H,12-15H2,1-2H3;7-8H,2-5H2,1H3/t27-,28?,30+,31?,32?;18-,19?,21?,22?;7-/m110/s1. The molecule has 78 heavy (non-hydrogen) atoms. The third kappa shape index (κ3) is 14.6. The van der Waals surface area contributed by atoms with Gasteiger partial charge in [-0.25, -0.2) is 0 Å². The van der Waals surface area contributed by atoms with Crippen LogP contribution in [0.1, 0.15) is 111 Å². The number of hydrogen-bond donors (Lipinski definition) is 4. The van der Waals surface area contributed by atoms with Crippen LogP contribution in [0.3, 0.4) is 0 Å². The van der Waals surface area contributed by atoms with Gasteiger partial charge in [0.1, 0.15) is 17.3 Å². The van der Waals surface area contributed by atoms with E-state index < -0.39 is 29.9 Å². The van der Waals surface area contributed by atoms with Crippen molar-refractivity contribution in [3.05, 3.63) is 173 Å². The molecule has 2 aliphatic carbocycles. The van der Waals surface area contributed by atoms with Gasteiger partial charge in [0.05, 0.1) is 55.2 Å². The molecule has 4 N–H and O–H groups in total. The fourth-order valence-electron chi connectivity index (χ4n) is 12.4. The normalized spacial score (nSPS) is 25.1. The third-order valence-electron chi connectivity index (χ3n) is 16.5. The van der Waals surface area contributed by atoms with Crippen LogP contribution >= 0.6 is 0 Å². The lowest BCUT2D eigenvalue weighted by Gasteiger charge is -2.41. The van der Waals surface area contributed by atoms with E-state index >= 15 is 0 Å². The first-order chi connectivity index (χ1) is 37.7. The second-order valence-electron chi connectivity index (χ2n) is 22.8. The third-order valence-corrected chi connectivity index (χ3v) is 16.5. The zero-order valence-corrected chi connectivity index (χ0v) is 45.9. The van der Waals surface area contributed by atoms with Gasteiger partial charge in [0, 0.05) is 69.8 Å². The number of carbonyl (C=O) groups excluding carboxylic acids is 4. The molecule has 14 heteroatoms. The molecule has 2 amide bonds. The number of aliphatic hydroxyl groups is 2. The van der Waals surface area contributed by atoms with E-state index in [1.807, 2.05) is 110 Å². The monoisotopic (exact) mass is 1060 g/mol. The van der Waals surface area contributed by atoms with Crippen LogP contribution in [0.15, 0.2) is 134 Å². The quantitative estimate of drug-likeness (QED) is 0.0693. The number of piperidine rings is 1. The van der Waals surface area contributed by atoms with Crippen molar-refractivity contribution in [1.29, 1.82) is 0 Å². The van der Waals surface area contributed by atoms with Crippen LogP contribution in [0, 0.1) is 11.8 Å². The van der Waals surface area contributed by atoms with Gasteiger partial charge >= 0.3 is 0 Å². The van der Waals surface area contributed by atoms with Crippen molar-refractivity contribution in [1.82, 2.24) is 30.3 Å². The van der Waals surface area contributed by atoms with E-state index in [0.717, 1.165) is 74.2 Å². The average Bonchev–Trinajstić information content (AvgIpc) is 4.26. The minimum absolute atomic E-state index is 0.0112. The van der Waals surface area contributed by atoms with E-state index in [0.29, 0.717) is 32.5 Å². The van der Waals surface area contributed by atoms with Crippen molar-refractivity contribution in [2.45, 2.75) is 146 Å². The van der Waals surface area contributed by atoms with E-state index in [1.54, 1.807) is 20.0 Å².